The van der Waals surface area contributed by atoms with Crippen LogP contribution in [0.3, 0.4) is 0 Å². The number of hydrogen-bond donors (Lipinski definition) is 0. The molecule has 3 heterocycles. The van der Waals surface area contributed by atoms with Gasteiger partial charge in [-0.2, -0.15) is 18.3 Å². The molecular formula is C21H20F3N5. The van der Waals surface area contributed by atoms with Gasteiger partial charge in [0.1, 0.15) is 0 Å². The van der Waals surface area contributed by atoms with Crippen LogP contribution in [0.2, 0.25) is 0 Å². The molecule has 0 radical (unpaired) electrons. The normalized spacial score (nSPS) is 13.1. The summed E-state index contributed by atoms with van der Waals surface area (Å²) < 4.78 is 42.1. The Morgan fingerprint density at radius 1 is 1.10 bits per heavy atom. The van der Waals surface area contributed by atoms with E-state index >= 15 is 0 Å². The third-order valence-corrected chi connectivity index (χ3v) is 5.03. The number of nitrogens with zero attached hydrogens (tertiary/aromatic N) is 5. The summed E-state index contributed by atoms with van der Waals surface area (Å²) in [5, 5.41) is 4.65. The standard InChI is InChI=1S/C21H20F3N5/c1-3-14(2)19-26-20(16-8-9-28-13-25-11-18(28)10-16)29(27-19)12-15-4-6-17(7-5-15)21(22,23)24/h4-11,13-14H,3,12H2,1-2H3. The Labute approximate surface area is 165 Å². The smallest absolute Gasteiger partial charge is 0.306 e. The van der Waals surface area contributed by atoms with Gasteiger partial charge in [-0.3, -0.25) is 0 Å². The third-order valence-electron chi connectivity index (χ3n) is 5.03. The van der Waals surface area contributed by atoms with E-state index in [9.17, 15) is 13.2 Å². The molecule has 0 N–H and O–H groups in total. The lowest BCUT2D eigenvalue weighted by Crippen LogP contribution is -2.07. The number of fused-ring (bicyclic) bond motifs is 1. The molecule has 0 saturated heterocycles. The molecule has 0 spiro atoms. The molecule has 0 bridgehead atoms. The Balaban J connectivity index is 1.72. The third kappa shape index (κ3) is 3.87. The van der Waals surface area contributed by atoms with Crippen molar-refractivity contribution in [1.29, 1.82) is 0 Å². The van der Waals surface area contributed by atoms with E-state index < -0.39 is 11.7 Å². The quantitative estimate of drug-likeness (QED) is 0.465. The van der Waals surface area contributed by atoms with Gasteiger partial charge in [0.25, 0.3) is 0 Å². The maximum Gasteiger partial charge on any atom is 0.416 e. The predicted molar refractivity (Wildman–Crippen MR) is 103 cm³/mol. The lowest BCUT2D eigenvalue weighted by molar-refractivity contribution is -0.137. The SMILES string of the molecule is CCC(C)c1nc(-c2ccn3cncc3c2)n(Cc2ccc(C(F)(F)F)cc2)n1. The topological polar surface area (TPSA) is 48.0 Å². The largest absolute Gasteiger partial charge is 0.416 e. The van der Waals surface area contributed by atoms with Gasteiger partial charge in [-0.05, 0) is 36.2 Å². The molecule has 29 heavy (non-hydrogen) atoms. The molecule has 1 atom stereocenters. The molecule has 1 unspecified atom stereocenters. The maximum atomic E-state index is 12.8. The molecule has 0 aliphatic carbocycles. The Kier molecular flexibility index (Phi) is 4.86. The number of halogens is 3. The molecule has 0 aliphatic heterocycles. The highest BCUT2D eigenvalue weighted by atomic mass is 19.4. The van der Waals surface area contributed by atoms with E-state index in [4.69, 9.17) is 4.98 Å². The summed E-state index contributed by atoms with van der Waals surface area (Å²) in [6.45, 7) is 4.46. The van der Waals surface area contributed by atoms with E-state index in [-0.39, 0.29) is 5.92 Å². The molecule has 0 amide bonds. The average Bonchev–Trinajstić information content (AvgIpc) is 3.33. The van der Waals surface area contributed by atoms with Crippen LogP contribution in [0.15, 0.2) is 55.1 Å². The van der Waals surface area contributed by atoms with Crippen LogP contribution in [0.5, 0.6) is 0 Å². The number of imidazole rings is 1. The Bertz CT molecular complexity index is 1130. The minimum absolute atomic E-state index is 0.182. The van der Waals surface area contributed by atoms with Crippen molar-refractivity contribution in [3.63, 3.8) is 0 Å². The first-order valence-corrected chi connectivity index (χ1v) is 9.38. The lowest BCUT2D eigenvalue weighted by atomic mass is 10.1. The number of alkyl halides is 3. The number of rotatable bonds is 5. The summed E-state index contributed by atoms with van der Waals surface area (Å²) in [5.74, 6) is 1.59. The molecule has 8 heteroatoms. The monoisotopic (exact) mass is 399 g/mol. The minimum atomic E-state index is -4.35. The number of aromatic nitrogens is 5. The van der Waals surface area contributed by atoms with E-state index in [1.165, 1.54) is 12.1 Å². The summed E-state index contributed by atoms with van der Waals surface area (Å²) in [4.78, 5) is 8.87. The van der Waals surface area contributed by atoms with Gasteiger partial charge in [0.15, 0.2) is 11.6 Å². The molecule has 4 rings (SSSR count). The van der Waals surface area contributed by atoms with E-state index in [1.807, 2.05) is 22.7 Å². The summed E-state index contributed by atoms with van der Waals surface area (Å²) in [6, 6.07) is 9.07. The molecule has 0 fully saturated rings. The van der Waals surface area contributed by atoms with Crippen molar-refractivity contribution in [2.75, 3.05) is 0 Å². The summed E-state index contributed by atoms with van der Waals surface area (Å²) in [6.07, 6.45) is 1.93. The van der Waals surface area contributed by atoms with Crippen molar-refractivity contribution < 1.29 is 13.2 Å². The van der Waals surface area contributed by atoms with Crippen molar-refractivity contribution in [3.8, 4) is 11.4 Å². The fraction of sp³-hybridized carbons (Fsp3) is 0.286. The fourth-order valence-corrected chi connectivity index (χ4v) is 3.11. The van der Waals surface area contributed by atoms with Crippen molar-refractivity contribution in [1.82, 2.24) is 24.1 Å². The van der Waals surface area contributed by atoms with Crippen LogP contribution in [0.25, 0.3) is 16.9 Å². The predicted octanol–water partition coefficient (Wildman–Crippen LogP) is 5.17. The highest BCUT2D eigenvalue weighted by molar-refractivity contribution is 5.63. The lowest BCUT2D eigenvalue weighted by Gasteiger charge is -2.09. The van der Waals surface area contributed by atoms with Crippen molar-refractivity contribution >= 4 is 5.52 Å². The first-order valence-electron chi connectivity index (χ1n) is 9.38. The minimum Gasteiger partial charge on any atom is -0.306 e. The summed E-state index contributed by atoms with van der Waals surface area (Å²) in [7, 11) is 0. The van der Waals surface area contributed by atoms with Crippen LogP contribution in [-0.4, -0.2) is 24.1 Å². The summed E-state index contributed by atoms with van der Waals surface area (Å²) in [5.41, 5.74) is 1.88. The molecule has 3 aromatic heterocycles. The zero-order valence-electron chi connectivity index (χ0n) is 16.1. The van der Waals surface area contributed by atoms with Gasteiger partial charge >= 0.3 is 6.18 Å². The molecule has 5 nitrogen and oxygen atoms in total. The van der Waals surface area contributed by atoms with Gasteiger partial charge in [0, 0.05) is 17.7 Å². The van der Waals surface area contributed by atoms with Crippen molar-refractivity contribution in [2.24, 2.45) is 0 Å². The Morgan fingerprint density at radius 2 is 1.86 bits per heavy atom. The average molecular weight is 399 g/mol. The molecule has 0 saturated carbocycles. The first-order chi connectivity index (χ1) is 13.8. The van der Waals surface area contributed by atoms with Gasteiger partial charge < -0.3 is 4.40 Å². The van der Waals surface area contributed by atoms with Crippen LogP contribution in [0, 0.1) is 0 Å². The van der Waals surface area contributed by atoms with Gasteiger partial charge in [-0.1, -0.05) is 26.0 Å². The van der Waals surface area contributed by atoms with Crippen LogP contribution in [-0.2, 0) is 12.7 Å². The van der Waals surface area contributed by atoms with E-state index in [0.29, 0.717) is 12.4 Å². The van der Waals surface area contributed by atoms with Gasteiger partial charge in [-0.25, -0.2) is 14.6 Å². The summed E-state index contributed by atoms with van der Waals surface area (Å²) >= 11 is 0. The molecular weight excluding hydrogens is 379 g/mol. The Morgan fingerprint density at radius 3 is 2.55 bits per heavy atom. The zero-order chi connectivity index (χ0) is 20.6. The highest BCUT2D eigenvalue weighted by Crippen LogP contribution is 2.29. The second kappa shape index (κ2) is 7.35. The Hall–Kier alpha value is -3.16. The number of benzene rings is 1. The van der Waals surface area contributed by atoms with E-state index in [1.54, 1.807) is 17.2 Å². The van der Waals surface area contributed by atoms with Gasteiger partial charge in [0.05, 0.1) is 30.1 Å². The molecule has 4 aromatic rings. The highest BCUT2D eigenvalue weighted by Gasteiger charge is 2.30. The first kappa shape index (κ1) is 19.2. The zero-order valence-corrected chi connectivity index (χ0v) is 16.1. The van der Waals surface area contributed by atoms with Crippen LogP contribution in [0.4, 0.5) is 13.2 Å². The van der Waals surface area contributed by atoms with Crippen LogP contribution < -0.4 is 0 Å². The van der Waals surface area contributed by atoms with Gasteiger partial charge in [-0.15, -0.1) is 0 Å². The molecule has 0 aliphatic rings. The second-order valence-corrected chi connectivity index (χ2v) is 7.10. The fourth-order valence-electron chi connectivity index (χ4n) is 3.11. The number of pyridine rings is 1. The molecule has 150 valence electrons. The van der Waals surface area contributed by atoms with Crippen molar-refractivity contribution in [2.45, 2.75) is 38.9 Å². The van der Waals surface area contributed by atoms with Crippen LogP contribution in [0.1, 0.15) is 43.1 Å². The molecule has 1 aromatic carbocycles. The van der Waals surface area contributed by atoms with Crippen molar-refractivity contribution in [3.05, 3.63) is 72.1 Å². The van der Waals surface area contributed by atoms with Crippen LogP contribution >= 0.6 is 0 Å². The van der Waals surface area contributed by atoms with Gasteiger partial charge in [0.2, 0.25) is 0 Å². The number of hydrogen-bond acceptors (Lipinski definition) is 3. The maximum absolute atomic E-state index is 12.8. The van der Waals surface area contributed by atoms with E-state index in [0.717, 1.165) is 41.0 Å². The second-order valence-electron chi connectivity index (χ2n) is 7.10. The van der Waals surface area contributed by atoms with E-state index in [2.05, 4.69) is 23.9 Å².